The fraction of sp³-hybridized carbons (Fsp3) is 0.0435. The van der Waals surface area contributed by atoms with Crippen LogP contribution in [0.15, 0.2) is 77.3 Å². The Morgan fingerprint density at radius 2 is 1.68 bits per heavy atom. The number of halogens is 2. The number of benzene rings is 2. The molecule has 0 aliphatic rings. The molecule has 31 heavy (non-hydrogen) atoms. The van der Waals surface area contributed by atoms with Gasteiger partial charge in [0.1, 0.15) is 5.75 Å². The van der Waals surface area contributed by atoms with E-state index < -0.39 is 0 Å². The second-order valence-corrected chi connectivity index (χ2v) is 7.44. The lowest BCUT2D eigenvalue weighted by atomic mass is 10.1. The average Bonchev–Trinajstić information content (AvgIpc) is 3.26. The lowest BCUT2D eigenvalue weighted by Crippen LogP contribution is -1.98. The molecule has 0 radical (unpaired) electrons. The van der Waals surface area contributed by atoms with E-state index in [9.17, 15) is 0 Å². The smallest absolute Gasteiger partial charge is 0.254 e. The third-order valence-corrected chi connectivity index (χ3v) is 5.25. The predicted molar refractivity (Wildman–Crippen MR) is 119 cm³/mol. The summed E-state index contributed by atoms with van der Waals surface area (Å²) in [7, 11) is 0. The number of nitrogens with zero attached hydrogens (tertiary/aromatic N) is 4. The normalized spacial score (nSPS) is 11.0. The molecule has 3 heterocycles. The molecule has 0 aliphatic carbocycles. The van der Waals surface area contributed by atoms with Gasteiger partial charge in [-0.3, -0.25) is 0 Å². The van der Waals surface area contributed by atoms with Gasteiger partial charge in [-0.25, -0.2) is 9.97 Å². The second kappa shape index (κ2) is 8.34. The monoisotopic (exact) mass is 448 g/mol. The van der Waals surface area contributed by atoms with Gasteiger partial charge in [0.05, 0.1) is 21.3 Å². The van der Waals surface area contributed by atoms with Gasteiger partial charge in [-0.15, -0.1) is 10.2 Å². The highest BCUT2D eigenvalue weighted by Crippen LogP contribution is 2.34. The van der Waals surface area contributed by atoms with Crippen molar-refractivity contribution in [1.82, 2.24) is 20.2 Å². The maximum Gasteiger partial charge on any atom is 0.254 e. The number of aromatic nitrogens is 4. The Bertz CT molecular complexity index is 1370. The predicted octanol–water partition coefficient (Wildman–Crippen LogP) is 6.23. The summed E-state index contributed by atoms with van der Waals surface area (Å²) in [4.78, 5) is 8.98. The first-order valence-corrected chi connectivity index (χ1v) is 10.2. The van der Waals surface area contributed by atoms with Crippen LogP contribution in [0.1, 0.15) is 5.89 Å². The van der Waals surface area contributed by atoms with E-state index in [0.717, 1.165) is 16.6 Å². The minimum absolute atomic E-state index is 0.0813. The molecule has 0 saturated heterocycles. The first kappa shape index (κ1) is 19.5. The van der Waals surface area contributed by atoms with Gasteiger partial charge in [-0.2, -0.15) is 0 Å². The van der Waals surface area contributed by atoms with E-state index in [-0.39, 0.29) is 12.5 Å². The zero-order valence-corrected chi connectivity index (χ0v) is 17.5. The minimum Gasteiger partial charge on any atom is -0.483 e. The third kappa shape index (κ3) is 3.95. The number of pyridine rings is 2. The Kier molecular flexibility index (Phi) is 5.24. The fourth-order valence-corrected chi connectivity index (χ4v) is 3.72. The molecule has 0 fully saturated rings. The summed E-state index contributed by atoms with van der Waals surface area (Å²) in [5.41, 5.74) is 2.77. The zero-order valence-electron chi connectivity index (χ0n) is 16.0. The van der Waals surface area contributed by atoms with Gasteiger partial charge >= 0.3 is 0 Å². The van der Waals surface area contributed by atoms with Crippen molar-refractivity contribution in [3.63, 3.8) is 0 Å². The first-order chi connectivity index (χ1) is 15.2. The van der Waals surface area contributed by atoms with E-state index in [4.69, 9.17) is 32.4 Å². The second-order valence-electron chi connectivity index (χ2n) is 6.63. The summed E-state index contributed by atoms with van der Waals surface area (Å²) in [6.07, 6.45) is 1.72. The van der Waals surface area contributed by atoms with Gasteiger partial charge in [0, 0.05) is 17.1 Å². The topological polar surface area (TPSA) is 73.9 Å². The summed E-state index contributed by atoms with van der Waals surface area (Å²) in [6, 6.07) is 20.6. The molecule has 0 spiro atoms. The molecule has 5 aromatic rings. The summed E-state index contributed by atoms with van der Waals surface area (Å²) < 4.78 is 11.7. The number of hydrogen-bond acceptors (Lipinski definition) is 6. The van der Waals surface area contributed by atoms with E-state index in [1.807, 2.05) is 48.5 Å². The molecule has 0 aliphatic heterocycles. The van der Waals surface area contributed by atoms with Crippen LogP contribution in [-0.2, 0) is 6.61 Å². The maximum atomic E-state index is 6.22. The molecule has 2 aromatic carbocycles. The highest BCUT2D eigenvalue weighted by atomic mass is 35.5. The SMILES string of the molecule is Clc1cccc(Cl)c1-c1nnc(COc2ccccc2-c2ccc3cccnc3n2)o1. The fourth-order valence-electron chi connectivity index (χ4n) is 3.16. The van der Waals surface area contributed by atoms with Crippen LogP contribution >= 0.6 is 23.2 Å². The standard InChI is InChI=1S/C23H14Cl2N4O2/c24-16-7-3-8-17(25)21(16)23-29-28-20(31-23)13-30-19-9-2-1-6-15(19)18-11-10-14-5-4-12-26-22(14)27-18/h1-12H,13H2. The van der Waals surface area contributed by atoms with Crippen molar-refractivity contribution in [3.8, 4) is 28.5 Å². The van der Waals surface area contributed by atoms with Crippen LogP contribution in [0.25, 0.3) is 33.7 Å². The van der Waals surface area contributed by atoms with E-state index in [1.165, 1.54) is 0 Å². The highest BCUT2D eigenvalue weighted by molar-refractivity contribution is 6.38. The van der Waals surface area contributed by atoms with Gasteiger partial charge in [-0.05, 0) is 48.5 Å². The Morgan fingerprint density at radius 3 is 2.55 bits per heavy atom. The number of hydrogen-bond donors (Lipinski definition) is 0. The molecular weight excluding hydrogens is 435 g/mol. The Hall–Kier alpha value is -3.48. The summed E-state index contributed by atoms with van der Waals surface area (Å²) in [5.74, 6) is 1.18. The van der Waals surface area contributed by atoms with Crippen molar-refractivity contribution in [2.24, 2.45) is 0 Å². The largest absolute Gasteiger partial charge is 0.483 e. The molecule has 5 rings (SSSR count). The van der Waals surface area contributed by atoms with Crippen molar-refractivity contribution in [2.45, 2.75) is 6.61 Å². The molecule has 0 N–H and O–H groups in total. The van der Waals surface area contributed by atoms with Gasteiger partial charge in [0.2, 0.25) is 0 Å². The molecule has 8 heteroatoms. The maximum absolute atomic E-state index is 6.22. The van der Waals surface area contributed by atoms with E-state index >= 15 is 0 Å². The van der Waals surface area contributed by atoms with Crippen molar-refractivity contribution >= 4 is 34.2 Å². The van der Waals surface area contributed by atoms with Crippen molar-refractivity contribution in [3.05, 3.63) is 88.9 Å². The molecule has 6 nitrogen and oxygen atoms in total. The van der Waals surface area contributed by atoms with Crippen molar-refractivity contribution in [2.75, 3.05) is 0 Å². The van der Waals surface area contributed by atoms with Crippen LogP contribution < -0.4 is 4.74 Å². The zero-order chi connectivity index (χ0) is 21.2. The molecule has 0 saturated carbocycles. The molecule has 152 valence electrons. The number of fused-ring (bicyclic) bond motifs is 1. The molecule has 0 atom stereocenters. The van der Waals surface area contributed by atoms with Crippen LogP contribution in [0.2, 0.25) is 10.0 Å². The van der Waals surface area contributed by atoms with Crippen molar-refractivity contribution < 1.29 is 9.15 Å². The number of rotatable bonds is 5. The van der Waals surface area contributed by atoms with Crippen LogP contribution in [0.3, 0.4) is 0 Å². The minimum atomic E-state index is 0.0813. The molecular formula is C23H14Cl2N4O2. The Labute approximate surface area is 187 Å². The lowest BCUT2D eigenvalue weighted by Gasteiger charge is -2.10. The van der Waals surface area contributed by atoms with Crippen LogP contribution in [0.5, 0.6) is 5.75 Å². The number of para-hydroxylation sites is 1. The quantitative estimate of drug-likeness (QED) is 0.317. The Balaban J connectivity index is 1.40. The highest BCUT2D eigenvalue weighted by Gasteiger charge is 2.16. The van der Waals surface area contributed by atoms with Gasteiger partial charge in [-0.1, -0.05) is 41.4 Å². The average molecular weight is 449 g/mol. The first-order valence-electron chi connectivity index (χ1n) is 9.40. The van der Waals surface area contributed by atoms with Crippen LogP contribution in [-0.4, -0.2) is 20.2 Å². The van der Waals surface area contributed by atoms with E-state index in [1.54, 1.807) is 24.4 Å². The summed E-state index contributed by atoms with van der Waals surface area (Å²) >= 11 is 12.4. The van der Waals surface area contributed by atoms with E-state index in [2.05, 4.69) is 20.2 Å². The van der Waals surface area contributed by atoms with Gasteiger partial charge in [0.25, 0.3) is 11.8 Å². The molecule has 0 unspecified atom stereocenters. The van der Waals surface area contributed by atoms with Crippen LogP contribution in [0, 0.1) is 0 Å². The van der Waals surface area contributed by atoms with Gasteiger partial charge < -0.3 is 9.15 Å². The van der Waals surface area contributed by atoms with E-state index in [0.29, 0.717) is 32.9 Å². The summed E-state index contributed by atoms with van der Waals surface area (Å²) in [5, 5.41) is 9.94. The van der Waals surface area contributed by atoms with Gasteiger partial charge in [0.15, 0.2) is 12.3 Å². The van der Waals surface area contributed by atoms with Crippen LogP contribution in [0.4, 0.5) is 0 Å². The molecule has 0 bridgehead atoms. The molecule has 0 amide bonds. The summed E-state index contributed by atoms with van der Waals surface area (Å²) in [6.45, 7) is 0.0813. The Morgan fingerprint density at radius 1 is 0.839 bits per heavy atom. The van der Waals surface area contributed by atoms with Crippen molar-refractivity contribution in [1.29, 1.82) is 0 Å². The number of ether oxygens (including phenoxy) is 1. The molecule has 3 aromatic heterocycles. The third-order valence-electron chi connectivity index (χ3n) is 4.62. The lowest BCUT2D eigenvalue weighted by molar-refractivity contribution is 0.265.